The van der Waals surface area contributed by atoms with Gasteiger partial charge in [-0.25, -0.2) is 4.98 Å². The van der Waals surface area contributed by atoms with Crippen molar-refractivity contribution in [2.24, 2.45) is 0 Å². The number of aromatic nitrogens is 2. The molecule has 0 saturated carbocycles. The Morgan fingerprint density at radius 3 is 2.71 bits per heavy atom. The van der Waals surface area contributed by atoms with Crippen molar-refractivity contribution in [3.05, 3.63) is 23.5 Å². The normalized spacial score (nSPS) is 13.9. The number of hydrogen-bond acceptors (Lipinski definition) is 4. The van der Waals surface area contributed by atoms with Crippen LogP contribution >= 0.6 is 11.3 Å². The summed E-state index contributed by atoms with van der Waals surface area (Å²) < 4.78 is 8.03. The zero-order chi connectivity index (χ0) is 15.3. The molecule has 0 amide bonds. The average molecular weight is 309 g/mol. The van der Waals surface area contributed by atoms with Gasteiger partial charge < -0.3 is 10.1 Å². The largest absolute Gasteiger partial charge is 0.377 e. The minimum atomic E-state index is -0.119. The Hall–Kier alpha value is -0.910. The summed E-state index contributed by atoms with van der Waals surface area (Å²) in [4.78, 5) is 5.79. The summed E-state index contributed by atoms with van der Waals surface area (Å²) in [6.45, 7) is 7.62. The summed E-state index contributed by atoms with van der Waals surface area (Å²) in [5.41, 5.74) is 1.02. The van der Waals surface area contributed by atoms with E-state index in [0.29, 0.717) is 6.04 Å². The SMILES string of the molecule is CCCNC(Cc1cn2ccsc2n1)C(CC)(CC)OC. The van der Waals surface area contributed by atoms with E-state index in [1.807, 2.05) is 7.11 Å². The molecule has 2 aromatic heterocycles. The van der Waals surface area contributed by atoms with Gasteiger partial charge in [0.1, 0.15) is 0 Å². The fourth-order valence-electron chi connectivity index (χ4n) is 3.02. The van der Waals surface area contributed by atoms with Gasteiger partial charge in [-0.1, -0.05) is 20.8 Å². The molecule has 0 aliphatic rings. The van der Waals surface area contributed by atoms with E-state index in [1.165, 1.54) is 0 Å². The van der Waals surface area contributed by atoms with Crippen molar-refractivity contribution in [1.29, 1.82) is 0 Å². The summed E-state index contributed by atoms with van der Waals surface area (Å²) in [6.07, 6.45) is 8.24. The van der Waals surface area contributed by atoms with Crippen molar-refractivity contribution in [2.45, 2.75) is 58.1 Å². The summed E-state index contributed by atoms with van der Waals surface area (Å²) in [6, 6.07) is 0.294. The highest BCUT2D eigenvalue weighted by Gasteiger charge is 2.35. The van der Waals surface area contributed by atoms with Crippen molar-refractivity contribution < 1.29 is 4.74 Å². The third kappa shape index (κ3) is 3.47. The molecule has 118 valence electrons. The molecule has 0 saturated heterocycles. The highest BCUT2D eigenvalue weighted by Crippen LogP contribution is 2.27. The van der Waals surface area contributed by atoms with Gasteiger partial charge in [-0.15, -0.1) is 11.3 Å². The number of hydrogen-bond donors (Lipinski definition) is 1. The van der Waals surface area contributed by atoms with Gasteiger partial charge in [-0.3, -0.25) is 4.40 Å². The van der Waals surface area contributed by atoms with E-state index < -0.39 is 0 Å². The van der Waals surface area contributed by atoms with Gasteiger partial charge in [0.25, 0.3) is 0 Å². The van der Waals surface area contributed by atoms with Crippen LogP contribution in [0, 0.1) is 0 Å². The van der Waals surface area contributed by atoms with Crippen LogP contribution in [0.2, 0.25) is 0 Å². The van der Waals surface area contributed by atoms with Crippen molar-refractivity contribution in [3.63, 3.8) is 0 Å². The molecule has 0 aliphatic carbocycles. The third-order valence-corrected chi connectivity index (χ3v) is 5.21. The monoisotopic (exact) mass is 309 g/mol. The Bertz CT molecular complexity index is 508. The maximum absolute atomic E-state index is 5.93. The standard InChI is InChI=1S/C16H27N3OS/c1-5-8-17-14(16(6-2,7-3)20-4)11-13-12-19-9-10-21-15(19)18-13/h9-10,12,14,17H,5-8,11H2,1-4H3. The lowest BCUT2D eigenvalue weighted by Gasteiger charge is -2.39. The van der Waals surface area contributed by atoms with Crippen LogP contribution in [0.15, 0.2) is 17.8 Å². The van der Waals surface area contributed by atoms with Gasteiger partial charge in [0, 0.05) is 37.3 Å². The second-order valence-corrected chi connectivity index (χ2v) is 6.38. The number of rotatable bonds is 9. The van der Waals surface area contributed by atoms with Crippen molar-refractivity contribution in [3.8, 4) is 0 Å². The molecule has 0 fully saturated rings. The molecule has 2 rings (SSSR count). The maximum atomic E-state index is 5.93. The molecule has 0 aliphatic heterocycles. The molecule has 2 heterocycles. The van der Waals surface area contributed by atoms with E-state index in [1.54, 1.807) is 11.3 Å². The highest BCUT2D eigenvalue weighted by molar-refractivity contribution is 7.15. The van der Waals surface area contributed by atoms with Crippen LogP contribution in [0.5, 0.6) is 0 Å². The van der Waals surface area contributed by atoms with Crippen LogP contribution < -0.4 is 5.32 Å². The van der Waals surface area contributed by atoms with E-state index >= 15 is 0 Å². The molecule has 4 nitrogen and oxygen atoms in total. The van der Waals surface area contributed by atoms with Gasteiger partial charge in [-0.05, 0) is 25.8 Å². The summed E-state index contributed by atoms with van der Waals surface area (Å²) in [5.74, 6) is 0. The molecule has 1 N–H and O–H groups in total. The smallest absolute Gasteiger partial charge is 0.193 e. The number of fused-ring (bicyclic) bond motifs is 1. The fraction of sp³-hybridized carbons (Fsp3) is 0.688. The van der Waals surface area contributed by atoms with Crippen LogP contribution in [0.3, 0.4) is 0 Å². The number of ether oxygens (including phenoxy) is 1. The molecule has 0 aromatic carbocycles. The molecule has 0 radical (unpaired) electrons. The van der Waals surface area contributed by atoms with Gasteiger partial charge in [0.05, 0.1) is 11.3 Å². The fourth-order valence-corrected chi connectivity index (χ4v) is 3.74. The minimum absolute atomic E-state index is 0.119. The van der Waals surface area contributed by atoms with E-state index in [2.05, 4.69) is 48.3 Å². The Morgan fingerprint density at radius 1 is 1.38 bits per heavy atom. The Morgan fingerprint density at radius 2 is 2.14 bits per heavy atom. The molecule has 5 heteroatoms. The molecule has 0 bridgehead atoms. The lowest BCUT2D eigenvalue weighted by molar-refractivity contribution is -0.0473. The van der Waals surface area contributed by atoms with Gasteiger partial charge in [0.2, 0.25) is 0 Å². The van der Waals surface area contributed by atoms with Crippen LogP contribution in [0.25, 0.3) is 4.96 Å². The zero-order valence-electron chi connectivity index (χ0n) is 13.6. The second-order valence-electron chi connectivity index (χ2n) is 5.51. The number of nitrogens with one attached hydrogen (secondary N) is 1. The first kappa shape index (κ1) is 16.5. The first-order chi connectivity index (χ1) is 10.2. The quantitative estimate of drug-likeness (QED) is 0.770. The van der Waals surface area contributed by atoms with E-state index in [4.69, 9.17) is 9.72 Å². The van der Waals surface area contributed by atoms with E-state index in [0.717, 1.165) is 42.9 Å². The van der Waals surface area contributed by atoms with Gasteiger partial charge in [0.15, 0.2) is 4.96 Å². The predicted molar refractivity (Wildman–Crippen MR) is 89.2 cm³/mol. The molecular formula is C16H27N3OS. The molecule has 1 unspecified atom stereocenters. The highest BCUT2D eigenvalue weighted by atomic mass is 32.1. The third-order valence-electron chi connectivity index (χ3n) is 4.44. The number of methoxy groups -OCH3 is 1. The van der Waals surface area contributed by atoms with Crippen LogP contribution in [-0.2, 0) is 11.2 Å². The molecule has 0 spiro atoms. The van der Waals surface area contributed by atoms with Crippen molar-refractivity contribution >= 4 is 16.3 Å². The predicted octanol–water partition coefficient (Wildman–Crippen LogP) is 3.51. The average Bonchev–Trinajstić information content (AvgIpc) is 3.07. The van der Waals surface area contributed by atoms with Crippen LogP contribution in [-0.4, -0.2) is 34.7 Å². The Balaban J connectivity index is 2.20. The summed E-state index contributed by atoms with van der Waals surface area (Å²) in [7, 11) is 1.83. The summed E-state index contributed by atoms with van der Waals surface area (Å²) >= 11 is 1.68. The lowest BCUT2D eigenvalue weighted by Crippen LogP contribution is -2.53. The molecular weight excluding hydrogens is 282 g/mol. The van der Waals surface area contributed by atoms with E-state index in [-0.39, 0.29) is 5.60 Å². The van der Waals surface area contributed by atoms with Gasteiger partial charge >= 0.3 is 0 Å². The Labute approximate surface area is 131 Å². The van der Waals surface area contributed by atoms with Crippen LogP contribution in [0.1, 0.15) is 45.7 Å². The maximum Gasteiger partial charge on any atom is 0.193 e. The lowest BCUT2D eigenvalue weighted by atomic mass is 9.85. The second kappa shape index (κ2) is 7.38. The van der Waals surface area contributed by atoms with Crippen LogP contribution in [0.4, 0.5) is 0 Å². The molecule has 21 heavy (non-hydrogen) atoms. The first-order valence-electron chi connectivity index (χ1n) is 7.88. The number of imidazole rings is 1. The van der Waals surface area contributed by atoms with Gasteiger partial charge in [-0.2, -0.15) is 0 Å². The number of thiazole rings is 1. The van der Waals surface area contributed by atoms with Crippen molar-refractivity contribution in [2.75, 3.05) is 13.7 Å². The Kier molecular flexibility index (Phi) is 5.79. The zero-order valence-corrected chi connectivity index (χ0v) is 14.4. The molecule has 2 aromatic rings. The van der Waals surface area contributed by atoms with E-state index in [9.17, 15) is 0 Å². The van der Waals surface area contributed by atoms with Crippen molar-refractivity contribution in [1.82, 2.24) is 14.7 Å². The first-order valence-corrected chi connectivity index (χ1v) is 8.76. The number of nitrogens with zero attached hydrogens (tertiary/aromatic N) is 2. The topological polar surface area (TPSA) is 38.6 Å². The minimum Gasteiger partial charge on any atom is -0.377 e. The summed E-state index contributed by atoms with van der Waals surface area (Å²) in [5, 5.41) is 5.74. The molecule has 1 atom stereocenters.